The molecular weight excluding hydrogens is 267 g/mol. The molecule has 0 aliphatic heterocycles. The van der Waals surface area contributed by atoms with Gasteiger partial charge in [-0.25, -0.2) is 0 Å². The first-order valence-corrected chi connectivity index (χ1v) is 4.13. The average Bonchev–Trinajstić information content (AvgIpc) is 2.01. The second-order valence-corrected chi connectivity index (χ2v) is 3.24. The highest BCUT2D eigenvalue weighted by Crippen LogP contribution is 2.40. The molecule has 3 nitrogen and oxygen atoms in total. The van der Waals surface area contributed by atoms with Gasteiger partial charge >= 0.3 is 6.18 Å². The molecule has 0 radical (unpaired) electrons. The van der Waals surface area contributed by atoms with E-state index in [0.717, 1.165) is 12.1 Å². The number of hydrogen-bond acceptors (Lipinski definition) is 2. The van der Waals surface area contributed by atoms with Crippen molar-refractivity contribution in [3.05, 3.63) is 38.3 Å². The number of nitro groups is 1. The second kappa shape index (κ2) is 3.56. The van der Waals surface area contributed by atoms with Gasteiger partial charge in [-0.3, -0.25) is 10.1 Å². The summed E-state index contributed by atoms with van der Waals surface area (Å²) in [7, 11) is 0. The molecule has 0 saturated heterocycles. The fourth-order valence-electron chi connectivity index (χ4n) is 0.946. The minimum Gasteiger partial charge on any atom is -0.258 e. The van der Waals surface area contributed by atoms with Crippen LogP contribution in [0.1, 0.15) is 5.56 Å². The van der Waals surface area contributed by atoms with Crippen LogP contribution in [-0.4, -0.2) is 4.92 Å². The van der Waals surface area contributed by atoms with E-state index in [-0.39, 0.29) is 4.47 Å². The van der Waals surface area contributed by atoms with E-state index in [4.69, 9.17) is 0 Å². The zero-order chi connectivity index (χ0) is 10.9. The maximum absolute atomic E-state index is 12.3. The monoisotopic (exact) mass is 269 g/mol. The van der Waals surface area contributed by atoms with E-state index < -0.39 is 22.4 Å². The van der Waals surface area contributed by atoms with Crippen LogP contribution in [0.3, 0.4) is 0 Å². The summed E-state index contributed by atoms with van der Waals surface area (Å²) < 4.78 is 36.7. The average molecular weight is 270 g/mol. The van der Waals surface area contributed by atoms with E-state index in [1.807, 2.05) is 0 Å². The summed E-state index contributed by atoms with van der Waals surface area (Å²) in [4.78, 5) is 9.24. The first-order chi connectivity index (χ1) is 6.34. The molecule has 0 bridgehead atoms. The van der Waals surface area contributed by atoms with Crippen LogP contribution in [0.2, 0.25) is 0 Å². The van der Waals surface area contributed by atoms with E-state index in [1.165, 1.54) is 6.07 Å². The van der Waals surface area contributed by atoms with Crippen molar-refractivity contribution in [1.29, 1.82) is 0 Å². The number of nitro benzene ring substituents is 1. The first-order valence-electron chi connectivity index (χ1n) is 3.34. The van der Waals surface area contributed by atoms with Crippen LogP contribution in [0.15, 0.2) is 22.7 Å². The lowest BCUT2D eigenvalue weighted by atomic mass is 10.2. The van der Waals surface area contributed by atoms with Crippen LogP contribution in [0.5, 0.6) is 0 Å². The van der Waals surface area contributed by atoms with Crippen molar-refractivity contribution in [2.75, 3.05) is 0 Å². The molecular formula is C7H3BrF3NO2. The molecule has 0 unspecified atom stereocenters. The number of alkyl halides is 3. The SMILES string of the molecule is O=[N+]([O-])c1cccc(Br)c1C(F)(F)F. The summed E-state index contributed by atoms with van der Waals surface area (Å²) in [6, 6.07) is 3.10. The Labute approximate surface area is 84.8 Å². The highest BCUT2D eigenvalue weighted by atomic mass is 79.9. The molecule has 0 spiro atoms. The summed E-state index contributed by atoms with van der Waals surface area (Å²) in [5, 5.41) is 10.3. The summed E-state index contributed by atoms with van der Waals surface area (Å²) in [6.07, 6.45) is -4.73. The third-order valence-electron chi connectivity index (χ3n) is 1.47. The number of benzene rings is 1. The molecule has 1 rings (SSSR count). The summed E-state index contributed by atoms with van der Waals surface area (Å²) in [6.45, 7) is 0. The molecule has 76 valence electrons. The van der Waals surface area contributed by atoms with Gasteiger partial charge in [-0.05, 0) is 22.0 Å². The molecule has 0 atom stereocenters. The largest absolute Gasteiger partial charge is 0.424 e. The Bertz CT molecular complexity index is 378. The number of halogens is 4. The van der Waals surface area contributed by atoms with Crippen LogP contribution in [0, 0.1) is 10.1 Å². The molecule has 0 aromatic heterocycles. The third-order valence-corrected chi connectivity index (χ3v) is 2.13. The predicted molar refractivity (Wildman–Crippen MR) is 45.8 cm³/mol. The zero-order valence-electron chi connectivity index (χ0n) is 6.51. The molecule has 7 heteroatoms. The molecule has 0 fully saturated rings. The Morgan fingerprint density at radius 1 is 1.36 bits per heavy atom. The lowest BCUT2D eigenvalue weighted by Crippen LogP contribution is -2.09. The van der Waals surface area contributed by atoms with Crippen molar-refractivity contribution in [3.63, 3.8) is 0 Å². The van der Waals surface area contributed by atoms with Gasteiger partial charge in [0.05, 0.1) is 4.92 Å². The lowest BCUT2D eigenvalue weighted by molar-refractivity contribution is -0.388. The highest BCUT2D eigenvalue weighted by Gasteiger charge is 2.40. The number of rotatable bonds is 1. The maximum atomic E-state index is 12.3. The highest BCUT2D eigenvalue weighted by molar-refractivity contribution is 9.10. The summed E-state index contributed by atoms with van der Waals surface area (Å²) >= 11 is 2.63. The Morgan fingerprint density at radius 3 is 2.29 bits per heavy atom. The van der Waals surface area contributed by atoms with Gasteiger partial charge in [-0.2, -0.15) is 13.2 Å². The van der Waals surface area contributed by atoms with E-state index in [9.17, 15) is 23.3 Å². The fraction of sp³-hybridized carbons (Fsp3) is 0.143. The molecule has 0 amide bonds. The Balaban J connectivity index is 3.45. The van der Waals surface area contributed by atoms with Crippen LogP contribution in [-0.2, 0) is 6.18 Å². The molecule has 0 N–H and O–H groups in total. The van der Waals surface area contributed by atoms with Gasteiger partial charge < -0.3 is 0 Å². The Morgan fingerprint density at radius 2 is 1.93 bits per heavy atom. The normalized spacial score (nSPS) is 11.4. The van der Waals surface area contributed by atoms with Crippen molar-refractivity contribution in [1.82, 2.24) is 0 Å². The van der Waals surface area contributed by atoms with Crippen LogP contribution >= 0.6 is 15.9 Å². The quantitative estimate of drug-likeness (QED) is 0.580. The maximum Gasteiger partial charge on any atom is 0.424 e. The zero-order valence-corrected chi connectivity index (χ0v) is 8.09. The van der Waals surface area contributed by atoms with Gasteiger partial charge in [-0.15, -0.1) is 0 Å². The lowest BCUT2D eigenvalue weighted by Gasteiger charge is -2.08. The van der Waals surface area contributed by atoms with Crippen molar-refractivity contribution in [2.24, 2.45) is 0 Å². The fourth-order valence-corrected chi connectivity index (χ4v) is 1.53. The Hall–Kier alpha value is -1.11. The van der Waals surface area contributed by atoms with Crippen LogP contribution in [0.4, 0.5) is 18.9 Å². The van der Waals surface area contributed by atoms with Crippen molar-refractivity contribution >= 4 is 21.6 Å². The second-order valence-electron chi connectivity index (χ2n) is 2.39. The van der Waals surface area contributed by atoms with Crippen molar-refractivity contribution in [2.45, 2.75) is 6.18 Å². The van der Waals surface area contributed by atoms with E-state index in [1.54, 1.807) is 0 Å². The molecule has 0 aliphatic carbocycles. The van der Waals surface area contributed by atoms with Crippen LogP contribution in [0.25, 0.3) is 0 Å². The van der Waals surface area contributed by atoms with Gasteiger partial charge in [0.1, 0.15) is 5.56 Å². The van der Waals surface area contributed by atoms with Crippen molar-refractivity contribution in [3.8, 4) is 0 Å². The Kier molecular flexibility index (Phi) is 2.79. The minimum atomic E-state index is -4.73. The molecule has 0 aliphatic rings. The molecule has 0 saturated carbocycles. The van der Waals surface area contributed by atoms with Gasteiger partial charge in [0.15, 0.2) is 0 Å². The van der Waals surface area contributed by atoms with E-state index in [2.05, 4.69) is 15.9 Å². The summed E-state index contributed by atoms with van der Waals surface area (Å²) in [5.74, 6) is 0. The van der Waals surface area contributed by atoms with Gasteiger partial charge in [0, 0.05) is 10.5 Å². The van der Waals surface area contributed by atoms with E-state index in [0.29, 0.717) is 0 Å². The molecule has 1 aromatic rings. The van der Waals surface area contributed by atoms with Gasteiger partial charge in [0.25, 0.3) is 5.69 Å². The molecule has 14 heavy (non-hydrogen) atoms. The topological polar surface area (TPSA) is 43.1 Å². The van der Waals surface area contributed by atoms with Crippen molar-refractivity contribution < 1.29 is 18.1 Å². The number of nitrogens with zero attached hydrogens (tertiary/aromatic N) is 1. The number of hydrogen-bond donors (Lipinski definition) is 0. The van der Waals surface area contributed by atoms with Gasteiger partial charge in [-0.1, -0.05) is 6.07 Å². The standard InChI is InChI=1S/C7H3BrF3NO2/c8-4-2-1-3-5(12(13)14)6(4)7(9,10)11/h1-3H. The molecule has 0 heterocycles. The van der Waals surface area contributed by atoms with E-state index >= 15 is 0 Å². The smallest absolute Gasteiger partial charge is 0.258 e. The first kappa shape index (κ1) is 11.0. The molecule has 1 aromatic carbocycles. The predicted octanol–water partition coefficient (Wildman–Crippen LogP) is 3.38. The minimum absolute atomic E-state index is 0.334. The van der Waals surface area contributed by atoms with Gasteiger partial charge in [0.2, 0.25) is 0 Å². The summed E-state index contributed by atoms with van der Waals surface area (Å²) in [5.41, 5.74) is -2.21. The third kappa shape index (κ3) is 2.03. The van der Waals surface area contributed by atoms with Crippen LogP contribution < -0.4 is 0 Å².